The molecule has 17 heavy (non-hydrogen) atoms. The minimum absolute atomic E-state index is 0.221. The maximum absolute atomic E-state index is 12.8. The summed E-state index contributed by atoms with van der Waals surface area (Å²) in [4.78, 5) is 6.87. The van der Waals surface area contributed by atoms with E-state index in [1.165, 1.54) is 0 Å². The average Bonchev–Trinajstić information content (AvgIpc) is 2.68. The van der Waals surface area contributed by atoms with Crippen LogP contribution < -0.4 is 11.1 Å². The molecular formula is C10H12F2N4O. The van der Waals surface area contributed by atoms with Gasteiger partial charge in [-0.25, -0.2) is 13.8 Å². The SMILES string of the molecule is Nc1ccc2nc(NCC(F)(F)CO)[nH]c2c1. The second-order valence-corrected chi connectivity index (χ2v) is 3.73. The molecule has 0 fully saturated rings. The standard InChI is InChI=1S/C10H12F2N4O/c11-10(12,5-17)4-14-9-15-7-2-1-6(13)3-8(7)16-9/h1-3,17H,4-5,13H2,(H2,14,15,16). The minimum Gasteiger partial charge on any atom is -0.399 e. The van der Waals surface area contributed by atoms with E-state index in [9.17, 15) is 8.78 Å². The van der Waals surface area contributed by atoms with Crippen molar-refractivity contribution in [1.29, 1.82) is 0 Å². The predicted molar refractivity (Wildman–Crippen MR) is 61.0 cm³/mol. The number of aromatic amines is 1. The lowest BCUT2D eigenvalue weighted by Gasteiger charge is -2.12. The molecule has 0 radical (unpaired) electrons. The Balaban J connectivity index is 2.15. The van der Waals surface area contributed by atoms with Gasteiger partial charge in [0.25, 0.3) is 5.92 Å². The Morgan fingerprint density at radius 3 is 2.94 bits per heavy atom. The van der Waals surface area contributed by atoms with Crippen molar-refractivity contribution in [2.24, 2.45) is 0 Å². The van der Waals surface area contributed by atoms with Gasteiger partial charge in [0.05, 0.1) is 17.6 Å². The van der Waals surface area contributed by atoms with Crippen LogP contribution in [0.3, 0.4) is 0 Å². The Morgan fingerprint density at radius 1 is 1.47 bits per heavy atom. The molecule has 0 spiro atoms. The average molecular weight is 242 g/mol. The molecule has 2 aromatic rings. The Bertz CT molecular complexity index is 526. The van der Waals surface area contributed by atoms with Crippen molar-refractivity contribution in [1.82, 2.24) is 9.97 Å². The zero-order valence-electron chi connectivity index (χ0n) is 8.87. The second-order valence-electron chi connectivity index (χ2n) is 3.73. The fraction of sp³-hybridized carbons (Fsp3) is 0.300. The number of aliphatic hydroxyl groups excluding tert-OH is 1. The number of nitrogens with one attached hydrogen (secondary N) is 2. The Kier molecular flexibility index (Phi) is 2.84. The number of aromatic nitrogens is 2. The van der Waals surface area contributed by atoms with Gasteiger partial charge in [-0.05, 0) is 18.2 Å². The second kappa shape index (κ2) is 4.17. The number of alkyl halides is 2. The van der Waals surface area contributed by atoms with Gasteiger partial charge in [0.15, 0.2) is 0 Å². The molecule has 0 saturated carbocycles. The van der Waals surface area contributed by atoms with Gasteiger partial charge in [-0.1, -0.05) is 0 Å². The van der Waals surface area contributed by atoms with Crippen LogP contribution in [-0.4, -0.2) is 34.1 Å². The van der Waals surface area contributed by atoms with E-state index in [4.69, 9.17) is 10.8 Å². The third-order valence-corrected chi connectivity index (χ3v) is 2.25. The number of hydrogen-bond acceptors (Lipinski definition) is 4. The number of imidazole rings is 1. The molecule has 1 aromatic heterocycles. The van der Waals surface area contributed by atoms with Crippen LogP contribution in [0.15, 0.2) is 18.2 Å². The molecule has 92 valence electrons. The van der Waals surface area contributed by atoms with Crippen LogP contribution in [-0.2, 0) is 0 Å². The van der Waals surface area contributed by atoms with Gasteiger partial charge < -0.3 is 21.1 Å². The molecule has 1 aromatic carbocycles. The summed E-state index contributed by atoms with van der Waals surface area (Å²) in [5.74, 6) is -2.95. The quantitative estimate of drug-likeness (QED) is 0.606. The maximum Gasteiger partial charge on any atom is 0.287 e. The third kappa shape index (κ3) is 2.62. The first-order valence-corrected chi connectivity index (χ1v) is 4.98. The summed E-state index contributed by atoms with van der Waals surface area (Å²) in [7, 11) is 0. The van der Waals surface area contributed by atoms with E-state index in [2.05, 4.69) is 15.3 Å². The highest BCUT2D eigenvalue weighted by Gasteiger charge is 2.27. The van der Waals surface area contributed by atoms with Crippen molar-refractivity contribution >= 4 is 22.7 Å². The van der Waals surface area contributed by atoms with Crippen molar-refractivity contribution in [3.05, 3.63) is 18.2 Å². The van der Waals surface area contributed by atoms with Crippen molar-refractivity contribution in [2.75, 3.05) is 24.2 Å². The van der Waals surface area contributed by atoms with Crippen molar-refractivity contribution in [3.63, 3.8) is 0 Å². The monoisotopic (exact) mass is 242 g/mol. The summed E-state index contributed by atoms with van der Waals surface area (Å²) < 4.78 is 25.6. The maximum atomic E-state index is 12.8. The molecule has 5 N–H and O–H groups in total. The van der Waals surface area contributed by atoms with E-state index in [1.54, 1.807) is 18.2 Å². The first kappa shape index (κ1) is 11.6. The smallest absolute Gasteiger partial charge is 0.287 e. The molecular weight excluding hydrogens is 230 g/mol. The summed E-state index contributed by atoms with van der Waals surface area (Å²) in [6.45, 7) is -1.88. The van der Waals surface area contributed by atoms with Gasteiger partial charge in [-0.3, -0.25) is 0 Å². The number of nitrogen functional groups attached to an aromatic ring is 1. The van der Waals surface area contributed by atoms with Crippen LogP contribution >= 0.6 is 0 Å². The fourth-order valence-electron chi connectivity index (χ4n) is 1.38. The topological polar surface area (TPSA) is 87.0 Å². The van der Waals surface area contributed by atoms with E-state index in [-0.39, 0.29) is 5.95 Å². The number of nitrogens with two attached hydrogens (primary N) is 1. The number of rotatable bonds is 4. The van der Waals surface area contributed by atoms with E-state index >= 15 is 0 Å². The summed E-state index contributed by atoms with van der Waals surface area (Å²) in [5.41, 5.74) is 7.44. The molecule has 0 atom stereocenters. The molecule has 0 bridgehead atoms. The number of benzene rings is 1. The lowest BCUT2D eigenvalue weighted by Crippen LogP contribution is -2.31. The highest BCUT2D eigenvalue weighted by molar-refractivity contribution is 5.80. The largest absolute Gasteiger partial charge is 0.399 e. The fourth-order valence-corrected chi connectivity index (χ4v) is 1.38. The molecule has 0 aliphatic rings. The molecule has 0 aliphatic carbocycles. The first-order chi connectivity index (χ1) is 8.00. The number of hydrogen-bond donors (Lipinski definition) is 4. The van der Waals surface area contributed by atoms with Crippen LogP contribution in [0.25, 0.3) is 11.0 Å². The van der Waals surface area contributed by atoms with Gasteiger partial charge >= 0.3 is 0 Å². The molecule has 0 unspecified atom stereocenters. The lowest BCUT2D eigenvalue weighted by atomic mass is 10.3. The van der Waals surface area contributed by atoms with Crippen molar-refractivity contribution in [2.45, 2.75) is 5.92 Å². The normalized spacial score (nSPS) is 11.9. The van der Waals surface area contributed by atoms with Crippen LogP contribution in [0, 0.1) is 0 Å². The number of anilines is 2. The summed E-state index contributed by atoms with van der Waals surface area (Å²) >= 11 is 0. The van der Waals surface area contributed by atoms with Crippen LogP contribution in [0.2, 0.25) is 0 Å². The van der Waals surface area contributed by atoms with Gasteiger partial charge in [-0.15, -0.1) is 0 Å². The zero-order chi connectivity index (χ0) is 12.5. The highest BCUT2D eigenvalue weighted by Crippen LogP contribution is 2.18. The van der Waals surface area contributed by atoms with Gasteiger partial charge in [0.2, 0.25) is 5.95 Å². The molecule has 2 rings (SSSR count). The number of H-pyrrole nitrogens is 1. The predicted octanol–water partition coefficient (Wildman–Crippen LogP) is 1.18. The van der Waals surface area contributed by atoms with Crippen LogP contribution in [0.5, 0.6) is 0 Å². The van der Waals surface area contributed by atoms with Gasteiger partial charge in [0.1, 0.15) is 6.61 Å². The summed E-state index contributed by atoms with van der Waals surface area (Å²) in [6.07, 6.45) is 0. The van der Waals surface area contributed by atoms with Crippen molar-refractivity contribution < 1.29 is 13.9 Å². The highest BCUT2D eigenvalue weighted by atomic mass is 19.3. The van der Waals surface area contributed by atoms with Crippen LogP contribution in [0.4, 0.5) is 20.4 Å². The van der Waals surface area contributed by atoms with E-state index < -0.39 is 19.1 Å². The lowest BCUT2D eigenvalue weighted by molar-refractivity contribution is -0.0373. The summed E-state index contributed by atoms with van der Waals surface area (Å²) in [6, 6.07) is 5.03. The number of halogens is 2. The van der Waals surface area contributed by atoms with E-state index in [0.29, 0.717) is 16.7 Å². The minimum atomic E-state index is -3.17. The Hall–Kier alpha value is -1.89. The van der Waals surface area contributed by atoms with E-state index in [1.807, 2.05) is 0 Å². The zero-order valence-corrected chi connectivity index (χ0v) is 8.87. The van der Waals surface area contributed by atoms with Crippen LogP contribution in [0.1, 0.15) is 0 Å². The number of fused-ring (bicyclic) bond motifs is 1. The molecule has 7 heteroatoms. The molecule has 0 aliphatic heterocycles. The first-order valence-electron chi connectivity index (χ1n) is 4.98. The number of aliphatic hydroxyl groups is 1. The van der Waals surface area contributed by atoms with Gasteiger partial charge in [0, 0.05) is 5.69 Å². The van der Waals surface area contributed by atoms with E-state index in [0.717, 1.165) is 0 Å². The molecule has 5 nitrogen and oxygen atoms in total. The molecule has 0 amide bonds. The third-order valence-electron chi connectivity index (χ3n) is 2.25. The van der Waals surface area contributed by atoms with Crippen molar-refractivity contribution in [3.8, 4) is 0 Å². The molecule has 1 heterocycles. The Labute approximate surface area is 95.7 Å². The summed E-state index contributed by atoms with van der Waals surface area (Å²) in [5, 5.41) is 10.8. The Morgan fingerprint density at radius 2 is 2.24 bits per heavy atom. The van der Waals surface area contributed by atoms with Gasteiger partial charge in [-0.2, -0.15) is 0 Å². The molecule has 0 saturated heterocycles. The number of nitrogens with zero attached hydrogens (tertiary/aromatic N) is 1.